The molecule has 0 spiro atoms. The fraction of sp³-hybridized carbons (Fsp3) is 0.803. The van der Waals surface area contributed by atoms with Crippen LogP contribution in [0.15, 0.2) is 12.2 Å². The number of nitrogens with one attached hydrogen (secondary N) is 4. The van der Waals surface area contributed by atoms with Gasteiger partial charge >= 0.3 is 6.09 Å². The van der Waals surface area contributed by atoms with E-state index in [0.717, 1.165) is 4.90 Å². The minimum absolute atomic E-state index is 0.0552. The molecule has 3 aliphatic rings. The van der Waals surface area contributed by atoms with Crippen LogP contribution in [0.3, 0.4) is 0 Å². The maximum atomic E-state index is 15.4. The number of allylic oxidation sites excluding steroid dienone is 2. The smallest absolute Gasteiger partial charge is 0.409 e. The summed E-state index contributed by atoms with van der Waals surface area (Å²) in [6.07, 6.45) is 1.16. The number of aliphatic hydroxyl groups is 1. The fourth-order valence-electron chi connectivity index (χ4n) is 13.3. The second-order valence-corrected chi connectivity index (χ2v) is 30.0. The Bertz CT molecular complexity index is 2790. The summed E-state index contributed by atoms with van der Waals surface area (Å²) in [6, 6.07) is -14.3. The first-order valence-corrected chi connectivity index (χ1v) is 35.7. The molecule has 0 aromatic heterocycles. The van der Waals surface area contributed by atoms with Gasteiger partial charge in [-0.3, -0.25) is 52.7 Å². The highest BCUT2D eigenvalue weighted by Crippen LogP contribution is 2.29. The maximum absolute atomic E-state index is 15.4. The number of carbonyl (C=O) groups is 12. The van der Waals surface area contributed by atoms with Gasteiger partial charge in [0.15, 0.2) is 0 Å². The molecule has 0 bridgehead atoms. The van der Waals surface area contributed by atoms with E-state index in [2.05, 4.69) is 26.2 Å². The summed E-state index contributed by atoms with van der Waals surface area (Å²) >= 11 is 0. The zero-order valence-corrected chi connectivity index (χ0v) is 64.1. The first kappa shape index (κ1) is 86.3. The number of ether oxygens (including phenoxy) is 2. The van der Waals surface area contributed by atoms with E-state index in [1.54, 1.807) is 79.4 Å². The topological polar surface area (TPSA) is 321 Å². The van der Waals surface area contributed by atoms with Crippen molar-refractivity contribution in [2.24, 2.45) is 41.4 Å². The largest absolute Gasteiger partial charge is 0.447 e. The third-order valence-corrected chi connectivity index (χ3v) is 19.4. The highest BCUT2D eigenvalue weighted by atomic mass is 16.6. The number of piperazine rings is 1. The number of hydrogen-bond donors (Lipinski definition) is 5. The molecule has 3 heterocycles. The first-order chi connectivity index (χ1) is 46.1. The summed E-state index contributed by atoms with van der Waals surface area (Å²) in [5.74, 6) is -10.8. The van der Waals surface area contributed by atoms with Gasteiger partial charge in [-0.05, 0) is 101 Å². The quantitative estimate of drug-likeness (QED) is 0.0973. The molecule has 3 rings (SSSR count). The lowest BCUT2D eigenvalue weighted by Gasteiger charge is -2.41. The van der Waals surface area contributed by atoms with Gasteiger partial charge in [-0.25, -0.2) is 4.79 Å². The van der Waals surface area contributed by atoms with Crippen molar-refractivity contribution >= 4 is 71.1 Å². The van der Waals surface area contributed by atoms with Gasteiger partial charge in [0, 0.05) is 81.4 Å². The molecule has 564 valence electrons. The van der Waals surface area contributed by atoms with Crippen LogP contribution in [-0.4, -0.2) is 294 Å². The molecule has 28 nitrogen and oxygen atoms in total. The number of hydrogen-bond acceptors (Lipinski definition) is 16. The fourth-order valence-corrected chi connectivity index (χ4v) is 13.3. The Kier molecular flexibility index (Phi) is 34.3. The molecule has 99 heavy (non-hydrogen) atoms. The molecule has 3 saturated heterocycles. The van der Waals surface area contributed by atoms with Crippen molar-refractivity contribution in [2.45, 2.75) is 235 Å². The molecule has 0 aromatic carbocycles. The van der Waals surface area contributed by atoms with Gasteiger partial charge in [-0.1, -0.05) is 109 Å². The highest BCUT2D eigenvalue weighted by molar-refractivity contribution is 6.00. The van der Waals surface area contributed by atoms with Crippen LogP contribution < -0.4 is 21.3 Å². The summed E-state index contributed by atoms with van der Waals surface area (Å²) in [7, 11) is 10.5. The number of fused-ring (bicyclic) bond motifs is 1. The number of rotatable bonds is 18. The summed E-state index contributed by atoms with van der Waals surface area (Å²) in [4.78, 5) is 190. The third-order valence-electron chi connectivity index (χ3n) is 19.4. The molecule has 28 heteroatoms. The molecule has 0 radical (unpaired) electrons. The van der Waals surface area contributed by atoms with Crippen molar-refractivity contribution in [1.29, 1.82) is 0 Å². The summed E-state index contributed by atoms with van der Waals surface area (Å²) in [6.45, 7) is 31.3. The second-order valence-electron chi connectivity index (χ2n) is 30.0. The Labute approximate surface area is 590 Å². The molecule has 3 fully saturated rings. The van der Waals surface area contributed by atoms with Crippen molar-refractivity contribution in [2.75, 3.05) is 95.3 Å². The highest BCUT2D eigenvalue weighted by Gasteiger charge is 2.49. The Balaban J connectivity index is 2.36. The van der Waals surface area contributed by atoms with Crippen LogP contribution in [0.5, 0.6) is 0 Å². The van der Waals surface area contributed by atoms with Crippen LogP contribution in [0.2, 0.25) is 0 Å². The lowest BCUT2D eigenvalue weighted by Crippen LogP contribution is -2.64. The van der Waals surface area contributed by atoms with Gasteiger partial charge in [0.05, 0.1) is 18.8 Å². The van der Waals surface area contributed by atoms with Crippen LogP contribution >= 0.6 is 0 Å². The standard InChI is InChI=1S/C71H125N13O15/c1-25-27-28-46(15)59(85)58-63(89)74-50(26-2)65(91)84-39-49(98-33-34-99-71(97)83-31-29-76(18)30-32-83)38-54(84)68(94)80(22)56(44(11)12)62(88)75-55(43(9)10)69(95)77(19)51(35-40(3)4)61(87)72-47(16)60(86)73-48(17)64(90)78(20)52(36-41(5)6)66(92)79(21)53(37-42(7)8)67(93)81(23)57(45(13)14)70(96)82(58)24/h25,27,40-59,85H,26,28-39H2,1-24H3,(H,72,87)(H,73,86)(H,74,89)(H,75,88)/b27-25+/t46-,47+,48-,49?,50+,51+,52+,53+,54-,55+,56+,57+,58+,59-/m1/s1. The van der Waals surface area contributed by atoms with Crippen LogP contribution in [-0.2, 0) is 62.2 Å². The average Bonchev–Trinajstić information content (AvgIpc) is 1.75. The normalized spacial score (nSPS) is 27.9. The molecule has 0 aliphatic carbocycles. The van der Waals surface area contributed by atoms with E-state index in [4.69, 9.17) is 9.47 Å². The van der Waals surface area contributed by atoms with E-state index < -0.39 is 173 Å². The number of carbonyl (C=O) groups excluding carboxylic acids is 12. The molecule has 0 saturated carbocycles. The minimum Gasteiger partial charge on any atom is -0.447 e. The number of likely N-dealkylation sites (N-methyl/N-ethyl adjacent to an activating group) is 7. The molecular formula is C71H125N13O15. The van der Waals surface area contributed by atoms with Gasteiger partial charge < -0.3 is 79.9 Å². The molecule has 12 amide bonds. The lowest BCUT2D eigenvalue weighted by molar-refractivity contribution is -0.157. The summed E-state index contributed by atoms with van der Waals surface area (Å²) in [5.41, 5.74) is 0. The van der Waals surface area contributed by atoms with Gasteiger partial charge in [-0.15, -0.1) is 0 Å². The average molecular weight is 1400 g/mol. The zero-order chi connectivity index (χ0) is 75.5. The molecule has 14 atom stereocenters. The number of nitrogens with zero attached hydrogens (tertiary/aromatic N) is 9. The summed E-state index contributed by atoms with van der Waals surface area (Å²) in [5, 5.41) is 23.5. The predicted octanol–water partition coefficient (Wildman–Crippen LogP) is 2.79. The predicted molar refractivity (Wildman–Crippen MR) is 376 cm³/mol. The molecule has 1 unspecified atom stereocenters. The van der Waals surface area contributed by atoms with Crippen LogP contribution in [0.25, 0.3) is 0 Å². The Morgan fingerprint density at radius 1 is 0.515 bits per heavy atom. The van der Waals surface area contributed by atoms with Gasteiger partial charge in [0.1, 0.15) is 73.1 Å². The van der Waals surface area contributed by atoms with E-state index in [9.17, 15) is 33.9 Å². The number of amides is 12. The van der Waals surface area contributed by atoms with Gasteiger partial charge in [0.2, 0.25) is 65.0 Å². The SMILES string of the molecule is C/C=C/C[C@@H](C)[C@@H](O)[C@H]1C(=O)N[C@@H](CC)C(=O)N2CC(OCCOC(=O)N3CCN(C)CC3)C[C@@H]2C(=O)N(C)[C@@H](C(C)C)C(=O)N[C@@H](C(C)C)C(=O)N(C)[C@@H](CC(C)C)C(=O)N[C@@H](C)C(=O)N[C@H](C)C(=O)N(C)[C@@H](CC(C)C)C(=O)N(C)[C@@H](CC(C)C)C(=O)N(C)[C@@H](C(C)C)C(=O)N1C. The molecule has 5 N–H and O–H groups in total. The van der Waals surface area contributed by atoms with E-state index >= 15 is 28.8 Å². The Hall–Kier alpha value is -6.94. The number of aliphatic hydroxyl groups excluding tert-OH is 1. The first-order valence-electron chi connectivity index (χ1n) is 35.7. The Morgan fingerprint density at radius 2 is 0.990 bits per heavy atom. The van der Waals surface area contributed by atoms with Crippen LogP contribution in [0, 0.1) is 41.4 Å². The van der Waals surface area contributed by atoms with Crippen molar-refractivity contribution in [3.8, 4) is 0 Å². The van der Waals surface area contributed by atoms with E-state index in [1.807, 2.05) is 48.6 Å². The summed E-state index contributed by atoms with van der Waals surface area (Å²) < 4.78 is 11.8. The van der Waals surface area contributed by atoms with Crippen molar-refractivity contribution in [1.82, 2.24) is 65.4 Å². The zero-order valence-electron chi connectivity index (χ0n) is 64.1. The second kappa shape index (κ2) is 39.3. The molecule has 3 aliphatic heterocycles. The van der Waals surface area contributed by atoms with E-state index in [0.29, 0.717) is 26.2 Å². The van der Waals surface area contributed by atoms with Gasteiger partial charge in [-0.2, -0.15) is 0 Å². The van der Waals surface area contributed by atoms with E-state index in [-0.39, 0.29) is 76.0 Å². The lowest BCUT2D eigenvalue weighted by atomic mass is 9.91. The van der Waals surface area contributed by atoms with Crippen molar-refractivity contribution < 1.29 is 72.1 Å². The maximum Gasteiger partial charge on any atom is 0.409 e. The van der Waals surface area contributed by atoms with E-state index in [1.165, 1.54) is 85.5 Å². The molecular weight excluding hydrogens is 1270 g/mol. The monoisotopic (exact) mass is 1400 g/mol. The van der Waals surface area contributed by atoms with Crippen molar-refractivity contribution in [3.63, 3.8) is 0 Å². The third kappa shape index (κ3) is 23.3. The van der Waals surface area contributed by atoms with Crippen LogP contribution in [0.1, 0.15) is 156 Å². The molecule has 0 aromatic rings. The minimum atomic E-state index is -1.69. The van der Waals surface area contributed by atoms with Crippen molar-refractivity contribution in [3.05, 3.63) is 12.2 Å². The Morgan fingerprint density at radius 3 is 1.49 bits per heavy atom. The van der Waals surface area contributed by atoms with Crippen LogP contribution in [0.4, 0.5) is 4.79 Å². The van der Waals surface area contributed by atoms with Gasteiger partial charge in [0.25, 0.3) is 0 Å².